The van der Waals surface area contributed by atoms with Crippen molar-refractivity contribution in [2.45, 2.75) is 31.6 Å². The Bertz CT molecular complexity index is 427. The number of benzene rings is 1. The molecule has 0 radical (unpaired) electrons. The summed E-state index contributed by atoms with van der Waals surface area (Å²) in [6.45, 7) is 3.34. The lowest BCUT2D eigenvalue weighted by Crippen LogP contribution is -2.45. The van der Waals surface area contributed by atoms with Gasteiger partial charge in [-0.1, -0.05) is 23.7 Å². The minimum Gasteiger partial charge on any atom is -0.506 e. The molecule has 4 nitrogen and oxygen atoms in total. The highest BCUT2D eigenvalue weighted by molar-refractivity contribution is 6.32. The summed E-state index contributed by atoms with van der Waals surface area (Å²) in [5.41, 5.74) is -0.105. The number of nitrogens with one attached hydrogen (secondary N) is 1. The molecule has 0 aromatic heterocycles. The van der Waals surface area contributed by atoms with Gasteiger partial charge in [-0.2, -0.15) is 0 Å². The van der Waals surface area contributed by atoms with Gasteiger partial charge >= 0.3 is 0 Å². The standard InChI is InChI=1S/C13H18ClNO3/c1-9-13(17,5-6-18-9)8-15-7-10-3-2-4-11(14)12(10)16/h2-4,9,15-17H,5-8H2,1H3. The van der Waals surface area contributed by atoms with Crippen LogP contribution < -0.4 is 5.32 Å². The maximum Gasteiger partial charge on any atom is 0.138 e. The van der Waals surface area contributed by atoms with Crippen LogP contribution in [-0.4, -0.2) is 35.1 Å². The molecule has 5 heteroatoms. The number of para-hydroxylation sites is 1. The van der Waals surface area contributed by atoms with Crippen LogP contribution >= 0.6 is 11.6 Å². The summed E-state index contributed by atoms with van der Waals surface area (Å²) in [5.74, 6) is 0.0920. The predicted octanol–water partition coefficient (Wildman–Crippen LogP) is 1.68. The first-order valence-electron chi connectivity index (χ1n) is 6.04. The first-order valence-corrected chi connectivity index (χ1v) is 6.42. The monoisotopic (exact) mass is 271 g/mol. The Balaban J connectivity index is 1.91. The van der Waals surface area contributed by atoms with Gasteiger partial charge in [0.25, 0.3) is 0 Å². The van der Waals surface area contributed by atoms with Crippen molar-refractivity contribution in [1.29, 1.82) is 0 Å². The summed E-state index contributed by atoms with van der Waals surface area (Å²) >= 11 is 5.82. The lowest BCUT2D eigenvalue weighted by atomic mass is 9.96. The molecule has 1 aromatic rings. The van der Waals surface area contributed by atoms with Crippen LogP contribution in [0.1, 0.15) is 18.9 Å². The van der Waals surface area contributed by atoms with Crippen molar-refractivity contribution >= 4 is 11.6 Å². The third-order valence-electron chi connectivity index (χ3n) is 3.48. The summed E-state index contributed by atoms with van der Waals surface area (Å²) in [6.07, 6.45) is 0.459. The number of aliphatic hydroxyl groups is 1. The number of aromatic hydroxyl groups is 1. The first-order chi connectivity index (χ1) is 8.53. The van der Waals surface area contributed by atoms with Crippen molar-refractivity contribution in [3.63, 3.8) is 0 Å². The highest BCUT2D eigenvalue weighted by Crippen LogP contribution is 2.28. The molecule has 2 atom stereocenters. The molecule has 2 unspecified atom stereocenters. The molecule has 0 spiro atoms. The number of ether oxygens (including phenoxy) is 1. The molecule has 100 valence electrons. The molecule has 0 saturated carbocycles. The average Bonchev–Trinajstić information content (AvgIpc) is 2.65. The molecule has 1 aliphatic rings. The van der Waals surface area contributed by atoms with Crippen LogP contribution in [0.4, 0.5) is 0 Å². The van der Waals surface area contributed by atoms with Crippen LogP contribution in [0.25, 0.3) is 0 Å². The first kappa shape index (κ1) is 13.6. The van der Waals surface area contributed by atoms with Crippen LogP contribution in [0.15, 0.2) is 18.2 Å². The van der Waals surface area contributed by atoms with Gasteiger partial charge in [-0.15, -0.1) is 0 Å². The van der Waals surface area contributed by atoms with Gasteiger partial charge in [0.05, 0.1) is 11.1 Å². The zero-order valence-electron chi connectivity index (χ0n) is 10.3. The molecular formula is C13H18ClNO3. The maximum absolute atomic E-state index is 10.3. The molecule has 1 aromatic carbocycles. The number of hydrogen-bond acceptors (Lipinski definition) is 4. The third-order valence-corrected chi connectivity index (χ3v) is 3.78. The number of phenols is 1. The second kappa shape index (κ2) is 5.45. The van der Waals surface area contributed by atoms with E-state index in [0.717, 1.165) is 5.56 Å². The van der Waals surface area contributed by atoms with Crippen LogP contribution in [0, 0.1) is 0 Å². The van der Waals surface area contributed by atoms with Crippen LogP contribution in [-0.2, 0) is 11.3 Å². The predicted molar refractivity (Wildman–Crippen MR) is 69.8 cm³/mol. The smallest absolute Gasteiger partial charge is 0.138 e. The van der Waals surface area contributed by atoms with E-state index in [2.05, 4.69) is 5.32 Å². The fraction of sp³-hybridized carbons (Fsp3) is 0.538. The summed E-state index contributed by atoms with van der Waals surface area (Å²) in [4.78, 5) is 0. The van der Waals surface area contributed by atoms with E-state index in [4.69, 9.17) is 16.3 Å². The SMILES string of the molecule is CC1OCCC1(O)CNCc1cccc(Cl)c1O. The normalized spacial score (nSPS) is 27.6. The van der Waals surface area contributed by atoms with Crippen molar-refractivity contribution in [3.8, 4) is 5.75 Å². The fourth-order valence-electron chi connectivity index (χ4n) is 2.12. The Morgan fingerprint density at radius 2 is 2.33 bits per heavy atom. The molecular weight excluding hydrogens is 254 g/mol. The van der Waals surface area contributed by atoms with Gasteiger partial charge in [0.1, 0.15) is 11.4 Å². The molecule has 3 N–H and O–H groups in total. The lowest BCUT2D eigenvalue weighted by molar-refractivity contribution is -0.0263. The largest absolute Gasteiger partial charge is 0.506 e. The number of halogens is 1. The summed E-state index contributed by atoms with van der Waals surface area (Å²) in [6, 6.07) is 5.22. The Hall–Kier alpha value is -0.810. The second-order valence-electron chi connectivity index (χ2n) is 4.72. The molecule has 1 saturated heterocycles. The third kappa shape index (κ3) is 2.78. The van der Waals surface area contributed by atoms with Crippen molar-refractivity contribution < 1.29 is 14.9 Å². The molecule has 1 fully saturated rings. The fourth-order valence-corrected chi connectivity index (χ4v) is 2.31. The van der Waals surface area contributed by atoms with E-state index >= 15 is 0 Å². The topological polar surface area (TPSA) is 61.7 Å². The van der Waals surface area contributed by atoms with Crippen LogP contribution in [0.5, 0.6) is 5.75 Å². The molecule has 2 rings (SSSR count). The minimum atomic E-state index is -0.825. The van der Waals surface area contributed by atoms with E-state index in [1.54, 1.807) is 18.2 Å². The van der Waals surface area contributed by atoms with Crippen LogP contribution in [0.3, 0.4) is 0 Å². The Kier molecular flexibility index (Phi) is 4.12. The number of hydrogen-bond donors (Lipinski definition) is 3. The maximum atomic E-state index is 10.3. The molecule has 1 aliphatic heterocycles. The van der Waals surface area contributed by atoms with E-state index in [1.807, 2.05) is 6.92 Å². The molecule has 18 heavy (non-hydrogen) atoms. The van der Waals surface area contributed by atoms with Crippen molar-refractivity contribution in [1.82, 2.24) is 5.32 Å². The van der Waals surface area contributed by atoms with Gasteiger partial charge in [-0.05, 0) is 13.0 Å². The van der Waals surface area contributed by atoms with Gasteiger partial charge < -0.3 is 20.3 Å². The zero-order valence-corrected chi connectivity index (χ0v) is 11.1. The minimum absolute atomic E-state index is 0.0920. The van der Waals surface area contributed by atoms with E-state index in [1.165, 1.54) is 0 Å². The summed E-state index contributed by atoms with van der Waals surface area (Å²) in [7, 11) is 0. The Morgan fingerprint density at radius 3 is 3.00 bits per heavy atom. The van der Waals surface area contributed by atoms with Gasteiger partial charge in [-0.3, -0.25) is 0 Å². The van der Waals surface area contributed by atoms with E-state index in [-0.39, 0.29) is 11.9 Å². The molecule has 0 bridgehead atoms. The van der Waals surface area contributed by atoms with Crippen LogP contribution in [0.2, 0.25) is 5.02 Å². The quantitative estimate of drug-likeness (QED) is 0.780. The van der Waals surface area contributed by atoms with Gasteiger partial charge in [0, 0.05) is 31.7 Å². The van der Waals surface area contributed by atoms with Gasteiger partial charge in [0.2, 0.25) is 0 Å². The summed E-state index contributed by atoms with van der Waals surface area (Å²) < 4.78 is 5.35. The van der Waals surface area contributed by atoms with Crippen molar-refractivity contribution in [3.05, 3.63) is 28.8 Å². The van der Waals surface area contributed by atoms with Crippen molar-refractivity contribution in [2.24, 2.45) is 0 Å². The summed E-state index contributed by atoms with van der Waals surface area (Å²) in [5, 5.41) is 23.5. The lowest BCUT2D eigenvalue weighted by Gasteiger charge is -2.26. The zero-order chi connectivity index (χ0) is 13.2. The molecule has 1 heterocycles. The molecule has 0 aliphatic carbocycles. The number of rotatable bonds is 4. The average molecular weight is 272 g/mol. The second-order valence-corrected chi connectivity index (χ2v) is 5.12. The van der Waals surface area contributed by atoms with E-state index in [0.29, 0.717) is 31.1 Å². The van der Waals surface area contributed by atoms with E-state index < -0.39 is 5.60 Å². The number of phenolic OH excluding ortho intramolecular Hbond substituents is 1. The van der Waals surface area contributed by atoms with Gasteiger partial charge in [-0.25, -0.2) is 0 Å². The van der Waals surface area contributed by atoms with E-state index in [9.17, 15) is 10.2 Å². The highest BCUT2D eigenvalue weighted by Gasteiger charge is 2.38. The molecule has 0 amide bonds. The van der Waals surface area contributed by atoms with Gasteiger partial charge in [0.15, 0.2) is 0 Å². The Morgan fingerprint density at radius 1 is 1.56 bits per heavy atom. The van der Waals surface area contributed by atoms with Crippen molar-refractivity contribution in [2.75, 3.05) is 13.2 Å². The highest BCUT2D eigenvalue weighted by atomic mass is 35.5. The Labute approximate surface area is 112 Å².